The van der Waals surface area contributed by atoms with E-state index in [1.165, 1.54) is 19.3 Å². The minimum absolute atomic E-state index is 0.822. The molecule has 0 nitrogen and oxygen atoms in total. The van der Waals surface area contributed by atoms with Crippen molar-refractivity contribution >= 4 is 0 Å². The average molecular weight is 154 g/mol. The van der Waals surface area contributed by atoms with Gasteiger partial charge in [-0.1, -0.05) is 39.3 Å². The van der Waals surface area contributed by atoms with Gasteiger partial charge in [0.05, 0.1) is 0 Å². The summed E-state index contributed by atoms with van der Waals surface area (Å²) in [5.74, 6) is 1.68. The lowest BCUT2D eigenvalue weighted by atomic mass is 9.95. The first-order valence-corrected chi connectivity index (χ1v) is 4.83. The summed E-state index contributed by atoms with van der Waals surface area (Å²) in [6, 6.07) is 0. The van der Waals surface area contributed by atoms with E-state index in [4.69, 9.17) is 0 Å². The molecule has 0 aromatic heterocycles. The van der Waals surface area contributed by atoms with E-state index in [0.29, 0.717) is 0 Å². The molecule has 0 rings (SSSR count). The highest BCUT2D eigenvalue weighted by molar-refractivity contribution is 4.84. The summed E-state index contributed by atoms with van der Waals surface area (Å²) < 4.78 is 0. The minimum atomic E-state index is 0.822. The molecular formula is C11H22. The van der Waals surface area contributed by atoms with Crippen LogP contribution in [0.4, 0.5) is 0 Å². The molecule has 0 spiro atoms. The lowest BCUT2D eigenvalue weighted by Gasteiger charge is -2.10. The van der Waals surface area contributed by atoms with Crippen LogP contribution < -0.4 is 0 Å². The van der Waals surface area contributed by atoms with Gasteiger partial charge in [0, 0.05) is 0 Å². The van der Waals surface area contributed by atoms with Crippen LogP contribution in [0.25, 0.3) is 0 Å². The summed E-state index contributed by atoms with van der Waals surface area (Å²) in [6.07, 6.45) is 8.52. The highest BCUT2D eigenvalue weighted by Gasteiger charge is 2.02. The van der Waals surface area contributed by atoms with Gasteiger partial charge < -0.3 is 0 Å². The quantitative estimate of drug-likeness (QED) is 0.524. The van der Waals surface area contributed by atoms with E-state index in [0.717, 1.165) is 11.8 Å². The van der Waals surface area contributed by atoms with Crippen molar-refractivity contribution in [1.82, 2.24) is 0 Å². The summed E-state index contributed by atoms with van der Waals surface area (Å²) in [7, 11) is 0. The monoisotopic (exact) mass is 154 g/mol. The van der Waals surface area contributed by atoms with Crippen LogP contribution >= 0.6 is 0 Å². The van der Waals surface area contributed by atoms with Gasteiger partial charge in [-0.2, -0.15) is 0 Å². The van der Waals surface area contributed by atoms with Crippen LogP contribution in [0.1, 0.15) is 47.0 Å². The van der Waals surface area contributed by atoms with Crippen LogP contribution in [0.2, 0.25) is 0 Å². The fraction of sp³-hybridized carbons (Fsp3) is 0.818. The summed E-state index contributed by atoms with van der Waals surface area (Å²) in [6.45, 7) is 8.97. The zero-order valence-corrected chi connectivity index (χ0v) is 8.43. The standard InChI is InChI=1S/C11H22/c1-5-7-11(6-2)9-8-10(3)4/h5,7,10-11H,6,8-9H2,1-4H3. The fourth-order valence-corrected chi connectivity index (χ4v) is 1.26. The molecule has 0 heteroatoms. The molecule has 0 amide bonds. The van der Waals surface area contributed by atoms with Gasteiger partial charge in [-0.3, -0.25) is 0 Å². The van der Waals surface area contributed by atoms with Crippen LogP contribution in [-0.4, -0.2) is 0 Å². The van der Waals surface area contributed by atoms with Crippen molar-refractivity contribution in [3.63, 3.8) is 0 Å². The third kappa shape index (κ3) is 6.15. The molecule has 0 heterocycles. The van der Waals surface area contributed by atoms with Gasteiger partial charge in [0.1, 0.15) is 0 Å². The summed E-state index contributed by atoms with van der Waals surface area (Å²) in [4.78, 5) is 0. The maximum Gasteiger partial charge on any atom is -0.0236 e. The fourth-order valence-electron chi connectivity index (χ4n) is 1.26. The molecule has 0 radical (unpaired) electrons. The van der Waals surface area contributed by atoms with Crippen LogP contribution in [-0.2, 0) is 0 Å². The van der Waals surface area contributed by atoms with Gasteiger partial charge >= 0.3 is 0 Å². The number of hydrogen-bond donors (Lipinski definition) is 0. The predicted octanol–water partition coefficient (Wildman–Crippen LogP) is 4.02. The van der Waals surface area contributed by atoms with E-state index >= 15 is 0 Å². The van der Waals surface area contributed by atoms with Crippen molar-refractivity contribution in [2.45, 2.75) is 47.0 Å². The maximum atomic E-state index is 2.34. The molecule has 0 N–H and O–H groups in total. The molecule has 0 saturated heterocycles. The predicted molar refractivity (Wildman–Crippen MR) is 52.7 cm³/mol. The molecule has 0 aromatic rings. The summed E-state index contributed by atoms with van der Waals surface area (Å²) in [5, 5.41) is 0. The van der Waals surface area contributed by atoms with Crippen molar-refractivity contribution < 1.29 is 0 Å². The topological polar surface area (TPSA) is 0 Å². The highest BCUT2D eigenvalue weighted by atomic mass is 14.1. The first kappa shape index (κ1) is 10.7. The van der Waals surface area contributed by atoms with Gasteiger partial charge in [0.2, 0.25) is 0 Å². The molecule has 1 atom stereocenters. The third-order valence-corrected chi connectivity index (χ3v) is 2.10. The maximum absolute atomic E-state index is 2.34. The van der Waals surface area contributed by atoms with E-state index in [-0.39, 0.29) is 0 Å². The van der Waals surface area contributed by atoms with Crippen molar-refractivity contribution in [1.29, 1.82) is 0 Å². The molecule has 0 aliphatic carbocycles. The van der Waals surface area contributed by atoms with E-state index < -0.39 is 0 Å². The Morgan fingerprint density at radius 3 is 2.18 bits per heavy atom. The zero-order valence-electron chi connectivity index (χ0n) is 8.43. The first-order chi connectivity index (χ1) is 5.20. The molecule has 0 aliphatic heterocycles. The Morgan fingerprint density at radius 2 is 1.82 bits per heavy atom. The molecule has 0 fully saturated rings. The first-order valence-electron chi connectivity index (χ1n) is 4.83. The highest BCUT2D eigenvalue weighted by Crippen LogP contribution is 2.16. The zero-order chi connectivity index (χ0) is 8.69. The Kier molecular flexibility index (Phi) is 6.30. The Morgan fingerprint density at radius 1 is 1.18 bits per heavy atom. The average Bonchev–Trinajstić information content (AvgIpc) is 1.97. The largest absolute Gasteiger partial charge is 0.0914 e. The van der Waals surface area contributed by atoms with E-state index in [2.05, 4.69) is 39.8 Å². The van der Waals surface area contributed by atoms with E-state index in [9.17, 15) is 0 Å². The van der Waals surface area contributed by atoms with Crippen molar-refractivity contribution in [3.05, 3.63) is 12.2 Å². The summed E-state index contributed by atoms with van der Waals surface area (Å²) >= 11 is 0. The number of allylic oxidation sites excluding steroid dienone is 2. The van der Waals surface area contributed by atoms with Crippen molar-refractivity contribution in [2.24, 2.45) is 11.8 Å². The molecule has 0 aromatic carbocycles. The van der Waals surface area contributed by atoms with Gasteiger partial charge in [-0.15, -0.1) is 0 Å². The Labute approximate surface area is 71.7 Å². The smallest absolute Gasteiger partial charge is 0.0236 e. The molecular weight excluding hydrogens is 132 g/mol. The molecule has 1 unspecified atom stereocenters. The van der Waals surface area contributed by atoms with Crippen LogP contribution in [0.5, 0.6) is 0 Å². The Bertz CT molecular complexity index is 101. The number of hydrogen-bond acceptors (Lipinski definition) is 0. The Hall–Kier alpha value is -0.260. The Balaban J connectivity index is 3.52. The molecule has 0 bridgehead atoms. The van der Waals surface area contributed by atoms with Gasteiger partial charge in [0.15, 0.2) is 0 Å². The number of rotatable bonds is 5. The second-order valence-electron chi connectivity index (χ2n) is 3.67. The van der Waals surface area contributed by atoms with Crippen LogP contribution in [0.15, 0.2) is 12.2 Å². The van der Waals surface area contributed by atoms with Gasteiger partial charge in [0.25, 0.3) is 0 Å². The van der Waals surface area contributed by atoms with Crippen LogP contribution in [0.3, 0.4) is 0 Å². The second-order valence-corrected chi connectivity index (χ2v) is 3.67. The van der Waals surface area contributed by atoms with Crippen molar-refractivity contribution in [2.75, 3.05) is 0 Å². The molecule has 0 aliphatic rings. The second kappa shape index (κ2) is 6.45. The third-order valence-electron chi connectivity index (χ3n) is 2.10. The van der Waals surface area contributed by atoms with Crippen molar-refractivity contribution in [3.8, 4) is 0 Å². The van der Waals surface area contributed by atoms with E-state index in [1.807, 2.05) is 0 Å². The molecule has 0 saturated carbocycles. The SMILES string of the molecule is CC=CC(CC)CCC(C)C. The normalized spacial score (nSPS) is 14.6. The van der Waals surface area contributed by atoms with Crippen LogP contribution in [0, 0.1) is 11.8 Å². The molecule has 66 valence electrons. The lowest BCUT2D eigenvalue weighted by Crippen LogP contribution is -1.97. The lowest BCUT2D eigenvalue weighted by molar-refractivity contribution is 0.472. The van der Waals surface area contributed by atoms with Gasteiger partial charge in [-0.05, 0) is 31.6 Å². The summed E-state index contributed by atoms with van der Waals surface area (Å²) in [5.41, 5.74) is 0. The van der Waals surface area contributed by atoms with Gasteiger partial charge in [-0.25, -0.2) is 0 Å². The minimum Gasteiger partial charge on any atom is -0.0914 e. The molecule has 11 heavy (non-hydrogen) atoms. The van der Waals surface area contributed by atoms with E-state index in [1.54, 1.807) is 0 Å².